The quantitative estimate of drug-likeness (QED) is 0.943. The van der Waals surface area contributed by atoms with E-state index in [4.69, 9.17) is 9.47 Å². The number of nitrogens with one attached hydrogen (secondary N) is 1. The number of hydrogen-bond donors (Lipinski definition) is 1. The maximum Gasteiger partial charge on any atom is 0.321 e. The van der Waals surface area contributed by atoms with E-state index in [1.165, 1.54) is 0 Å². The molecule has 0 unspecified atom stereocenters. The minimum absolute atomic E-state index is 0.169. The third-order valence-corrected chi connectivity index (χ3v) is 3.33. The molecule has 0 aromatic heterocycles. The number of anilines is 1. The molecule has 2 aromatic carbocycles. The highest BCUT2D eigenvalue weighted by Crippen LogP contribution is 2.35. The normalized spacial score (nSPS) is 12.0. The molecule has 0 saturated heterocycles. The second-order valence-corrected chi connectivity index (χ2v) is 4.74. The van der Waals surface area contributed by atoms with Crippen LogP contribution in [0.1, 0.15) is 5.56 Å². The van der Waals surface area contributed by atoms with Gasteiger partial charge in [0.25, 0.3) is 0 Å². The zero-order valence-electron chi connectivity index (χ0n) is 11.7. The number of benzene rings is 2. The molecule has 1 N–H and O–H groups in total. The van der Waals surface area contributed by atoms with Crippen LogP contribution >= 0.6 is 0 Å². The smallest absolute Gasteiger partial charge is 0.321 e. The largest absolute Gasteiger partial charge is 0.454 e. The van der Waals surface area contributed by atoms with Gasteiger partial charge in [0.05, 0.1) is 0 Å². The van der Waals surface area contributed by atoms with E-state index in [1.807, 2.05) is 36.4 Å². The zero-order valence-corrected chi connectivity index (χ0v) is 11.7. The molecule has 0 aliphatic carbocycles. The zero-order chi connectivity index (χ0) is 14.7. The second-order valence-electron chi connectivity index (χ2n) is 4.74. The Morgan fingerprint density at radius 1 is 1.14 bits per heavy atom. The summed E-state index contributed by atoms with van der Waals surface area (Å²) in [5, 5.41) is 2.88. The van der Waals surface area contributed by atoms with Gasteiger partial charge in [-0.3, -0.25) is 4.90 Å². The van der Waals surface area contributed by atoms with E-state index in [9.17, 15) is 4.79 Å². The highest BCUT2D eigenvalue weighted by molar-refractivity contribution is 5.91. The van der Waals surface area contributed by atoms with Gasteiger partial charge in [-0.2, -0.15) is 0 Å². The lowest BCUT2D eigenvalue weighted by Crippen LogP contribution is -2.36. The van der Waals surface area contributed by atoms with Crippen LogP contribution < -0.4 is 19.7 Å². The Balaban J connectivity index is 1.64. The van der Waals surface area contributed by atoms with Crippen molar-refractivity contribution in [3.05, 3.63) is 54.1 Å². The van der Waals surface area contributed by atoms with Crippen molar-refractivity contribution in [1.29, 1.82) is 0 Å². The Hall–Kier alpha value is -2.69. The summed E-state index contributed by atoms with van der Waals surface area (Å²) in [7, 11) is 1.72. The van der Waals surface area contributed by atoms with Crippen LogP contribution in [-0.4, -0.2) is 19.9 Å². The van der Waals surface area contributed by atoms with Gasteiger partial charge in [0.1, 0.15) is 0 Å². The Morgan fingerprint density at radius 3 is 2.71 bits per heavy atom. The molecule has 3 rings (SSSR count). The molecule has 108 valence electrons. The molecule has 1 aliphatic heterocycles. The molecule has 5 heteroatoms. The number of carbonyl (C=O) groups is 1. The molecule has 1 heterocycles. The molecule has 1 aliphatic rings. The first kappa shape index (κ1) is 13.3. The van der Waals surface area contributed by atoms with Crippen LogP contribution in [-0.2, 0) is 6.54 Å². The maximum absolute atomic E-state index is 12.2. The monoisotopic (exact) mass is 284 g/mol. The van der Waals surface area contributed by atoms with Gasteiger partial charge >= 0.3 is 6.03 Å². The standard InChI is InChI=1S/C16H16N2O3/c1-18(13-7-8-14-15(9-13)21-11-20-14)16(19)17-10-12-5-3-2-4-6-12/h2-9H,10-11H2,1H3,(H,17,19). The van der Waals surface area contributed by atoms with Gasteiger partial charge in [-0.25, -0.2) is 4.79 Å². The highest BCUT2D eigenvalue weighted by atomic mass is 16.7. The Bertz CT molecular complexity index is 643. The molecule has 2 amide bonds. The highest BCUT2D eigenvalue weighted by Gasteiger charge is 2.17. The molecule has 0 spiro atoms. The van der Waals surface area contributed by atoms with Crippen molar-refractivity contribution in [2.24, 2.45) is 0 Å². The van der Waals surface area contributed by atoms with Crippen molar-refractivity contribution in [2.45, 2.75) is 6.54 Å². The molecule has 0 bridgehead atoms. The Labute approximate surface area is 123 Å². The minimum Gasteiger partial charge on any atom is -0.454 e. The van der Waals surface area contributed by atoms with Crippen LogP contribution in [0.2, 0.25) is 0 Å². The number of amides is 2. The summed E-state index contributed by atoms with van der Waals surface area (Å²) in [6, 6.07) is 15.1. The van der Waals surface area contributed by atoms with Crippen molar-refractivity contribution in [3.63, 3.8) is 0 Å². The molecule has 0 saturated carbocycles. The second kappa shape index (κ2) is 5.75. The van der Waals surface area contributed by atoms with Crippen molar-refractivity contribution < 1.29 is 14.3 Å². The van der Waals surface area contributed by atoms with Crippen LogP contribution in [0.3, 0.4) is 0 Å². The Kier molecular flexibility index (Phi) is 3.64. The minimum atomic E-state index is -0.169. The van der Waals surface area contributed by atoms with E-state index < -0.39 is 0 Å². The summed E-state index contributed by atoms with van der Waals surface area (Å²) >= 11 is 0. The first-order valence-electron chi connectivity index (χ1n) is 6.69. The summed E-state index contributed by atoms with van der Waals surface area (Å²) in [5.74, 6) is 1.37. The molecular formula is C16H16N2O3. The number of hydrogen-bond acceptors (Lipinski definition) is 3. The third-order valence-electron chi connectivity index (χ3n) is 3.33. The molecule has 0 fully saturated rings. The van der Waals surface area contributed by atoms with E-state index in [0.29, 0.717) is 18.0 Å². The van der Waals surface area contributed by atoms with Gasteiger partial charge in [-0.15, -0.1) is 0 Å². The van der Waals surface area contributed by atoms with E-state index in [1.54, 1.807) is 24.1 Å². The number of fused-ring (bicyclic) bond motifs is 1. The van der Waals surface area contributed by atoms with Gasteiger partial charge in [-0.1, -0.05) is 30.3 Å². The van der Waals surface area contributed by atoms with Gasteiger partial charge in [0, 0.05) is 25.3 Å². The average Bonchev–Trinajstić information content (AvgIpc) is 3.00. The fourth-order valence-electron chi connectivity index (χ4n) is 2.10. The van der Waals surface area contributed by atoms with Gasteiger partial charge in [0.15, 0.2) is 11.5 Å². The number of nitrogens with zero attached hydrogens (tertiary/aromatic N) is 1. The Morgan fingerprint density at radius 2 is 1.90 bits per heavy atom. The average molecular weight is 284 g/mol. The van der Waals surface area contributed by atoms with Crippen LogP contribution in [0.15, 0.2) is 48.5 Å². The number of carbonyl (C=O) groups excluding carboxylic acids is 1. The van der Waals surface area contributed by atoms with Crippen molar-refractivity contribution >= 4 is 11.7 Å². The number of ether oxygens (including phenoxy) is 2. The first-order chi connectivity index (χ1) is 10.2. The van der Waals surface area contributed by atoms with E-state index in [0.717, 1.165) is 11.3 Å². The summed E-state index contributed by atoms with van der Waals surface area (Å²) in [5.41, 5.74) is 1.81. The van der Waals surface area contributed by atoms with Crippen LogP contribution in [0.5, 0.6) is 11.5 Å². The number of urea groups is 1. The van der Waals surface area contributed by atoms with Gasteiger partial charge in [-0.05, 0) is 17.7 Å². The molecular weight excluding hydrogens is 268 g/mol. The van der Waals surface area contributed by atoms with Gasteiger partial charge < -0.3 is 14.8 Å². The summed E-state index contributed by atoms with van der Waals surface area (Å²) in [4.78, 5) is 13.7. The molecule has 0 radical (unpaired) electrons. The van der Waals surface area contributed by atoms with Crippen molar-refractivity contribution in [2.75, 3.05) is 18.7 Å². The van der Waals surface area contributed by atoms with E-state index in [2.05, 4.69) is 5.32 Å². The molecule has 0 atom stereocenters. The molecule has 5 nitrogen and oxygen atoms in total. The fraction of sp³-hybridized carbons (Fsp3) is 0.188. The lowest BCUT2D eigenvalue weighted by Gasteiger charge is -2.18. The summed E-state index contributed by atoms with van der Waals surface area (Å²) in [6.45, 7) is 0.720. The summed E-state index contributed by atoms with van der Waals surface area (Å²) in [6.07, 6.45) is 0. The van der Waals surface area contributed by atoms with Crippen molar-refractivity contribution in [3.8, 4) is 11.5 Å². The maximum atomic E-state index is 12.2. The third kappa shape index (κ3) is 2.91. The number of rotatable bonds is 3. The molecule has 2 aromatic rings. The lowest BCUT2D eigenvalue weighted by molar-refractivity contribution is 0.174. The van der Waals surface area contributed by atoms with Crippen LogP contribution in [0.25, 0.3) is 0 Å². The van der Waals surface area contributed by atoms with E-state index in [-0.39, 0.29) is 12.8 Å². The predicted molar refractivity (Wildman–Crippen MR) is 79.6 cm³/mol. The van der Waals surface area contributed by atoms with E-state index >= 15 is 0 Å². The lowest BCUT2D eigenvalue weighted by atomic mass is 10.2. The SMILES string of the molecule is CN(C(=O)NCc1ccccc1)c1ccc2c(c1)OCO2. The fourth-order valence-corrected chi connectivity index (χ4v) is 2.10. The first-order valence-corrected chi connectivity index (χ1v) is 6.69. The van der Waals surface area contributed by atoms with Gasteiger partial charge in [0.2, 0.25) is 6.79 Å². The molecule has 21 heavy (non-hydrogen) atoms. The van der Waals surface area contributed by atoms with Crippen LogP contribution in [0, 0.1) is 0 Å². The topological polar surface area (TPSA) is 50.8 Å². The van der Waals surface area contributed by atoms with Crippen molar-refractivity contribution in [1.82, 2.24) is 5.32 Å². The summed E-state index contributed by atoms with van der Waals surface area (Å²) < 4.78 is 10.6. The predicted octanol–water partition coefficient (Wildman–Crippen LogP) is 2.76. The van der Waals surface area contributed by atoms with Crippen LogP contribution in [0.4, 0.5) is 10.5 Å².